The lowest BCUT2D eigenvalue weighted by atomic mass is 10.0. The van der Waals surface area contributed by atoms with Crippen molar-refractivity contribution in [1.82, 2.24) is 4.98 Å². The lowest BCUT2D eigenvalue weighted by Crippen LogP contribution is -2.13. The molecule has 0 aliphatic heterocycles. The number of benzene rings is 2. The zero-order chi connectivity index (χ0) is 18.4. The number of pyridine rings is 1. The molecular formula is C22H24N2O2. The van der Waals surface area contributed by atoms with E-state index in [1.807, 2.05) is 30.3 Å². The van der Waals surface area contributed by atoms with E-state index in [2.05, 4.69) is 36.2 Å². The van der Waals surface area contributed by atoms with Crippen LogP contribution in [0, 0.1) is 6.92 Å². The van der Waals surface area contributed by atoms with Gasteiger partial charge in [0.25, 0.3) is 0 Å². The Morgan fingerprint density at radius 2 is 1.77 bits per heavy atom. The SMILES string of the molecule is COc1cc(CC(N)c2cccnc2)ccc1OCc1ccc(C)cc1. The zero-order valence-corrected chi connectivity index (χ0v) is 15.2. The fraction of sp³-hybridized carbons (Fsp3) is 0.227. The van der Waals surface area contributed by atoms with Crippen molar-refractivity contribution in [2.45, 2.75) is 26.0 Å². The Morgan fingerprint density at radius 1 is 1.00 bits per heavy atom. The van der Waals surface area contributed by atoms with Gasteiger partial charge in [0.1, 0.15) is 6.61 Å². The first-order valence-corrected chi connectivity index (χ1v) is 8.66. The van der Waals surface area contributed by atoms with Gasteiger partial charge in [-0.1, -0.05) is 42.0 Å². The summed E-state index contributed by atoms with van der Waals surface area (Å²) in [5.74, 6) is 1.44. The molecule has 3 aromatic rings. The van der Waals surface area contributed by atoms with E-state index in [1.54, 1.807) is 19.5 Å². The van der Waals surface area contributed by atoms with Crippen molar-refractivity contribution in [3.8, 4) is 11.5 Å². The van der Waals surface area contributed by atoms with Crippen LogP contribution in [0.25, 0.3) is 0 Å². The molecule has 4 nitrogen and oxygen atoms in total. The number of ether oxygens (including phenoxy) is 2. The topological polar surface area (TPSA) is 57.4 Å². The summed E-state index contributed by atoms with van der Waals surface area (Å²) in [6, 6.07) is 18.1. The summed E-state index contributed by atoms with van der Waals surface area (Å²) in [5, 5.41) is 0. The molecule has 26 heavy (non-hydrogen) atoms. The van der Waals surface area contributed by atoms with Gasteiger partial charge in [-0.2, -0.15) is 0 Å². The van der Waals surface area contributed by atoms with Gasteiger partial charge in [0.2, 0.25) is 0 Å². The van der Waals surface area contributed by atoms with Gasteiger partial charge >= 0.3 is 0 Å². The highest BCUT2D eigenvalue weighted by Crippen LogP contribution is 2.30. The molecule has 4 heteroatoms. The highest BCUT2D eigenvalue weighted by molar-refractivity contribution is 5.43. The van der Waals surface area contributed by atoms with Crippen LogP contribution in [0.3, 0.4) is 0 Å². The molecule has 134 valence electrons. The predicted octanol–water partition coefficient (Wildman–Crippen LogP) is 4.22. The summed E-state index contributed by atoms with van der Waals surface area (Å²) in [5.41, 5.74) is 10.8. The van der Waals surface area contributed by atoms with Crippen molar-refractivity contribution in [3.63, 3.8) is 0 Å². The highest BCUT2D eigenvalue weighted by Gasteiger charge is 2.11. The molecule has 0 bridgehead atoms. The third kappa shape index (κ3) is 4.61. The van der Waals surface area contributed by atoms with Gasteiger partial charge in [0.05, 0.1) is 7.11 Å². The van der Waals surface area contributed by atoms with Gasteiger partial charge < -0.3 is 15.2 Å². The molecule has 0 aliphatic rings. The number of aromatic nitrogens is 1. The first-order valence-electron chi connectivity index (χ1n) is 8.66. The van der Waals surface area contributed by atoms with Crippen LogP contribution in [0.2, 0.25) is 0 Å². The quantitative estimate of drug-likeness (QED) is 0.694. The Morgan fingerprint density at radius 3 is 2.46 bits per heavy atom. The van der Waals surface area contributed by atoms with Gasteiger partial charge in [-0.05, 0) is 48.2 Å². The molecule has 1 aromatic heterocycles. The molecule has 3 rings (SSSR count). The molecule has 2 aromatic carbocycles. The fourth-order valence-corrected chi connectivity index (χ4v) is 2.77. The molecule has 1 atom stereocenters. The Balaban J connectivity index is 1.68. The molecule has 0 saturated heterocycles. The van der Waals surface area contributed by atoms with Crippen molar-refractivity contribution in [1.29, 1.82) is 0 Å². The van der Waals surface area contributed by atoms with Crippen molar-refractivity contribution in [3.05, 3.63) is 89.2 Å². The number of hydrogen-bond acceptors (Lipinski definition) is 4. The zero-order valence-electron chi connectivity index (χ0n) is 15.2. The van der Waals surface area contributed by atoms with Gasteiger partial charge in [-0.3, -0.25) is 4.98 Å². The summed E-state index contributed by atoms with van der Waals surface area (Å²) in [7, 11) is 1.65. The fourth-order valence-electron chi connectivity index (χ4n) is 2.77. The Bertz CT molecular complexity index is 833. The normalized spacial score (nSPS) is 11.8. The largest absolute Gasteiger partial charge is 0.493 e. The summed E-state index contributed by atoms with van der Waals surface area (Å²) in [4.78, 5) is 4.13. The van der Waals surface area contributed by atoms with Crippen LogP contribution < -0.4 is 15.2 Å². The van der Waals surface area contributed by atoms with Crippen LogP contribution in [-0.4, -0.2) is 12.1 Å². The molecule has 1 heterocycles. The molecule has 0 amide bonds. The second-order valence-corrected chi connectivity index (χ2v) is 6.36. The second kappa shape index (κ2) is 8.50. The number of methoxy groups -OCH3 is 1. The van der Waals surface area contributed by atoms with Gasteiger partial charge in [0, 0.05) is 18.4 Å². The maximum atomic E-state index is 6.29. The van der Waals surface area contributed by atoms with E-state index in [0.29, 0.717) is 18.8 Å². The molecule has 0 spiro atoms. The van der Waals surface area contributed by atoms with Crippen molar-refractivity contribution < 1.29 is 9.47 Å². The van der Waals surface area contributed by atoms with E-state index in [4.69, 9.17) is 15.2 Å². The van der Waals surface area contributed by atoms with E-state index < -0.39 is 0 Å². The number of nitrogens with zero attached hydrogens (tertiary/aromatic N) is 1. The van der Waals surface area contributed by atoms with Crippen molar-refractivity contribution in [2.75, 3.05) is 7.11 Å². The maximum absolute atomic E-state index is 6.29. The third-order valence-corrected chi connectivity index (χ3v) is 4.31. The van der Waals surface area contributed by atoms with Crippen LogP contribution in [0.4, 0.5) is 0 Å². The van der Waals surface area contributed by atoms with Crippen LogP contribution >= 0.6 is 0 Å². The third-order valence-electron chi connectivity index (χ3n) is 4.31. The molecule has 1 unspecified atom stereocenters. The first-order chi connectivity index (χ1) is 12.7. The Kier molecular flexibility index (Phi) is 5.87. The van der Waals surface area contributed by atoms with Gasteiger partial charge in [0.15, 0.2) is 11.5 Å². The summed E-state index contributed by atoms with van der Waals surface area (Å²) in [6.45, 7) is 2.58. The van der Waals surface area contributed by atoms with Gasteiger partial charge in [-0.15, -0.1) is 0 Å². The predicted molar refractivity (Wildman–Crippen MR) is 103 cm³/mol. The molecule has 0 aliphatic carbocycles. The standard InChI is InChI=1S/C22H24N2O2/c1-16-5-7-17(8-6-16)15-26-21-10-9-18(13-22(21)25-2)12-20(23)19-4-3-11-24-14-19/h3-11,13-14,20H,12,15,23H2,1-2H3. The van der Waals surface area contributed by atoms with Crippen molar-refractivity contribution >= 4 is 0 Å². The van der Waals surface area contributed by atoms with E-state index in [9.17, 15) is 0 Å². The second-order valence-electron chi connectivity index (χ2n) is 6.36. The van der Waals surface area contributed by atoms with E-state index in [1.165, 1.54) is 5.56 Å². The minimum atomic E-state index is -0.104. The highest BCUT2D eigenvalue weighted by atomic mass is 16.5. The van der Waals surface area contributed by atoms with Gasteiger partial charge in [-0.25, -0.2) is 0 Å². The summed E-state index contributed by atoms with van der Waals surface area (Å²) >= 11 is 0. The number of hydrogen-bond donors (Lipinski definition) is 1. The lowest BCUT2D eigenvalue weighted by Gasteiger charge is -2.15. The molecule has 0 saturated carbocycles. The monoisotopic (exact) mass is 348 g/mol. The number of rotatable bonds is 7. The molecular weight excluding hydrogens is 324 g/mol. The number of nitrogens with two attached hydrogens (primary N) is 1. The van der Waals surface area contributed by atoms with Crippen LogP contribution in [0.15, 0.2) is 67.0 Å². The van der Waals surface area contributed by atoms with E-state index in [0.717, 1.165) is 22.4 Å². The van der Waals surface area contributed by atoms with Crippen LogP contribution in [-0.2, 0) is 13.0 Å². The number of aryl methyl sites for hydroxylation is 1. The van der Waals surface area contributed by atoms with Crippen LogP contribution in [0.1, 0.15) is 28.3 Å². The molecule has 2 N–H and O–H groups in total. The van der Waals surface area contributed by atoms with E-state index >= 15 is 0 Å². The first kappa shape index (κ1) is 18.0. The lowest BCUT2D eigenvalue weighted by molar-refractivity contribution is 0.284. The average Bonchev–Trinajstić information content (AvgIpc) is 2.68. The van der Waals surface area contributed by atoms with Crippen molar-refractivity contribution in [2.24, 2.45) is 5.73 Å². The maximum Gasteiger partial charge on any atom is 0.161 e. The molecule has 0 fully saturated rings. The molecule has 0 radical (unpaired) electrons. The smallest absolute Gasteiger partial charge is 0.161 e. The average molecular weight is 348 g/mol. The summed E-state index contributed by atoms with van der Waals surface area (Å²) < 4.78 is 11.4. The minimum Gasteiger partial charge on any atom is -0.493 e. The minimum absolute atomic E-state index is 0.104. The Labute approximate surface area is 154 Å². The Hall–Kier alpha value is -2.85. The summed E-state index contributed by atoms with van der Waals surface area (Å²) in [6.07, 6.45) is 4.26. The van der Waals surface area contributed by atoms with Crippen LogP contribution in [0.5, 0.6) is 11.5 Å². The van der Waals surface area contributed by atoms with E-state index in [-0.39, 0.29) is 6.04 Å².